The maximum atomic E-state index is 13.7. The second-order valence-corrected chi connectivity index (χ2v) is 13.6. The molecule has 1 aromatic heterocycles. The molecular weight excluding hydrogens is 706 g/mol. The van der Waals surface area contributed by atoms with Crippen molar-refractivity contribution in [2.45, 2.75) is 64.0 Å². The molecule has 5 amide bonds. The number of benzene rings is 2. The number of nitrogens with one attached hydrogen (secondary N) is 3. The smallest absolute Gasteiger partial charge is 0.431 e. The van der Waals surface area contributed by atoms with E-state index in [4.69, 9.17) is 31.8 Å². The van der Waals surface area contributed by atoms with Crippen molar-refractivity contribution in [1.29, 1.82) is 0 Å². The average Bonchev–Trinajstić information content (AvgIpc) is 3.55. The van der Waals surface area contributed by atoms with Gasteiger partial charge in [0.2, 0.25) is 17.4 Å². The highest BCUT2D eigenvalue weighted by Gasteiger charge is 2.48. The average molecular weight is 742 g/mol. The first-order valence-electron chi connectivity index (χ1n) is 15.3. The molecule has 1 saturated heterocycles. The summed E-state index contributed by atoms with van der Waals surface area (Å²) >= 11 is 6.50. The number of hydrogen-bond acceptors (Lipinski definition) is 13. The van der Waals surface area contributed by atoms with Crippen LogP contribution in [0.3, 0.4) is 0 Å². The third-order valence-corrected chi connectivity index (χ3v) is 7.91. The SMILES string of the molecule is CC(C)(C)OC(=O)N(N)C(=O)[C@H]1NC(=O)[C@H]1NC(=O)/C(=N\OC(C)(C)C(=O)OC(c1ccccc1)c1ccccc1)c1csc(NC(=O)CCl)n1. The number of halogens is 1. The quantitative estimate of drug-likeness (QED) is 0.0402. The minimum Gasteiger partial charge on any atom is -0.450 e. The second kappa shape index (κ2) is 16.1. The predicted molar refractivity (Wildman–Crippen MR) is 185 cm³/mol. The van der Waals surface area contributed by atoms with Gasteiger partial charge in [0.15, 0.2) is 16.9 Å². The molecule has 4 rings (SSSR count). The van der Waals surface area contributed by atoms with E-state index >= 15 is 0 Å². The van der Waals surface area contributed by atoms with Crippen LogP contribution in [0.25, 0.3) is 0 Å². The number of ether oxygens (including phenoxy) is 2. The first-order valence-corrected chi connectivity index (χ1v) is 16.7. The third-order valence-electron chi connectivity index (χ3n) is 6.91. The topological polar surface area (TPSA) is 221 Å². The number of oxime groups is 1. The van der Waals surface area contributed by atoms with Crippen molar-refractivity contribution in [2.24, 2.45) is 11.0 Å². The summed E-state index contributed by atoms with van der Waals surface area (Å²) in [6.07, 6.45) is -1.99. The first kappa shape index (κ1) is 38.4. The van der Waals surface area contributed by atoms with Crippen molar-refractivity contribution in [1.82, 2.24) is 20.6 Å². The lowest BCUT2D eigenvalue weighted by molar-refractivity contribution is -0.172. The summed E-state index contributed by atoms with van der Waals surface area (Å²) in [7, 11) is 0. The maximum Gasteiger partial charge on any atom is 0.431 e. The summed E-state index contributed by atoms with van der Waals surface area (Å²) in [4.78, 5) is 86.7. The van der Waals surface area contributed by atoms with Gasteiger partial charge >= 0.3 is 12.1 Å². The van der Waals surface area contributed by atoms with Crippen LogP contribution < -0.4 is 21.8 Å². The Labute approximate surface area is 301 Å². The number of carbonyl (C=O) groups is 6. The van der Waals surface area contributed by atoms with E-state index in [9.17, 15) is 28.8 Å². The molecule has 1 aliphatic heterocycles. The largest absolute Gasteiger partial charge is 0.450 e. The van der Waals surface area contributed by atoms with E-state index in [2.05, 4.69) is 26.1 Å². The number of aromatic nitrogens is 1. The van der Waals surface area contributed by atoms with Crippen LogP contribution in [0.1, 0.15) is 57.5 Å². The van der Waals surface area contributed by atoms with Crippen molar-refractivity contribution in [3.05, 3.63) is 82.9 Å². The van der Waals surface area contributed by atoms with Gasteiger partial charge in [-0.2, -0.15) is 5.01 Å². The number of alkyl halides is 1. The van der Waals surface area contributed by atoms with Crippen LogP contribution in [0.4, 0.5) is 9.93 Å². The van der Waals surface area contributed by atoms with Gasteiger partial charge in [0.1, 0.15) is 29.3 Å². The number of carbonyl (C=O) groups excluding carboxylic acids is 6. The molecule has 0 radical (unpaired) electrons. The number of thiazole rings is 1. The molecule has 0 saturated carbocycles. The second-order valence-electron chi connectivity index (χ2n) is 12.5. The number of nitrogens with two attached hydrogens (primary N) is 1. The van der Waals surface area contributed by atoms with E-state index in [-0.39, 0.29) is 21.7 Å². The van der Waals surface area contributed by atoms with Gasteiger partial charge in [-0.1, -0.05) is 65.8 Å². The summed E-state index contributed by atoms with van der Waals surface area (Å²) in [5, 5.41) is 12.6. The highest BCUT2D eigenvalue weighted by Crippen LogP contribution is 2.29. The zero-order chi connectivity index (χ0) is 37.5. The van der Waals surface area contributed by atoms with E-state index in [1.165, 1.54) is 19.2 Å². The molecule has 16 nitrogen and oxygen atoms in total. The molecule has 1 fully saturated rings. The van der Waals surface area contributed by atoms with Gasteiger partial charge in [-0.3, -0.25) is 19.2 Å². The monoisotopic (exact) mass is 741 g/mol. The number of rotatable bonds is 12. The van der Waals surface area contributed by atoms with Crippen molar-refractivity contribution >= 4 is 69.5 Å². The summed E-state index contributed by atoms with van der Waals surface area (Å²) in [5.74, 6) is 0.971. The Morgan fingerprint density at radius 1 is 1.02 bits per heavy atom. The van der Waals surface area contributed by atoms with Crippen LogP contribution in [-0.4, -0.2) is 80.6 Å². The Morgan fingerprint density at radius 2 is 1.61 bits per heavy atom. The highest BCUT2D eigenvalue weighted by atomic mass is 35.5. The summed E-state index contributed by atoms with van der Waals surface area (Å²) in [5.41, 5.74) is -2.05. The molecular formula is C33H36ClN7O9S. The fourth-order valence-corrected chi connectivity index (χ4v) is 5.10. The predicted octanol–water partition coefficient (Wildman–Crippen LogP) is 2.77. The van der Waals surface area contributed by atoms with Crippen LogP contribution in [0.5, 0.6) is 0 Å². The van der Waals surface area contributed by atoms with E-state index in [0.29, 0.717) is 11.1 Å². The zero-order valence-electron chi connectivity index (χ0n) is 28.2. The van der Waals surface area contributed by atoms with Gasteiger partial charge in [0.25, 0.3) is 11.8 Å². The van der Waals surface area contributed by atoms with Gasteiger partial charge in [-0.05, 0) is 45.7 Å². The molecule has 0 bridgehead atoms. The van der Waals surface area contributed by atoms with Gasteiger partial charge in [0.05, 0.1) is 0 Å². The van der Waals surface area contributed by atoms with Crippen molar-refractivity contribution in [2.75, 3.05) is 11.2 Å². The molecule has 5 N–H and O–H groups in total. The van der Waals surface area contributed by atoms with Gasteiger partial charge < -0.3 is 30.3 Å². The summed E-state index contributed by atoms with van der Waals surface area (Å²) < 4.78 is 11.0. The zero-order valence-corrected chi connectivity index (χ0v) is 29.7. The van der Waals surface area contributed by atoms with Gasteiger partial charge in [-0.15, -0.1) is 22.9 Å². The number of hydrazine groups is 1. The standard InChI is InChI=1S/C33H36ClN7O9S/c1-32(2,3)49-31(47)41(35)28(45)24-23(27(44)39-24)38-26(43)22(20-17-51-30(36-20)37-21(42)16-34)40-50-33(4,5)29(46)48-25(18-12-8-6-9-13-18)19-14-10-7-11-15-19/h6-15,17,23-25H,16,35H2,1-5H3,(H,38,43)(H,39,44)(H,36,37,42)/b40-22-/t23-,24-/m0/s1. The summed E-state index contributed by atoms with van der Waals surface area (Å²) in [6.45, 7) is 7.44. The van der Waals surface area contributed by atoms with Crippen LogP contribution in [-0.2, 0) is 38.3 Å². The van der Waals surface area contributed by atoms with Crippen LogP contribution in [0.2, 0.25) is 0 Å². The molecule has 18 heteroatoms. The van der Waals surface area contributed by atoms with Crippen molar-refractivity contribution < 1.29 is 43.1 Å². The number of amides is 5. The van der Waals surface area contributed by atoms with Gasteiger partial charge in [-0.25, -0.2) is 20.4 Å². The first-order chi connectivity index (χ1) is 24.0. The third kappa shape index (κ3) is 9.87. The molecule has 3 aromatic rings. The Bertz CT molecular complexity index is 1770. The molecule has 0 aliphatic carbocycles. The number of nitrogens with zero attached hydrogens (tertiary/aromatic N) is 3. The Balaban J connectivity index is 1.58. The summed E-state index contributed by atoms with van der Waals surface area (Å²) in [6, 6.07) is 15.1. The number of β-lactam (4-membered cyclic amide) rings is 1. The van der Waals surface area contributed by atoms with Crippen molar-refractivity contribution in [3.8, 4) is 0 Å². The molecule has 1 aliphatic rings. The van der Waals surface area contributed by atoms with E-state index < -0.39 is 70.8 Å². The Kier molecular flexibility index (Phi) is 12.1. The molecule has 2 aromatic carbocycles. The number of hydrogen-bond donors (Lipinski definition) is 4. The lowest BCUT2D eigenvalue weighted by Crippen LogP contribution is -2.75. The van der Waals surface area contributed by atoms with E-state index in [0.717, 1.165) is 11.3 Å². The lowest BCUT2D eigenvalue weighted by Gasteiger charge is -2.37. The van der Waals surface area contributed by atoms with Crippen LogP contribution in [0, 0.1) is 0 Å². The molecule has 2 atom stereocenters. The van der Waals surface area contributed by atoms with E-state index in [1.807, 2.05) is 12.1 Å². The molecule has 270 valence electrons. The Hall–Kier alpha value is -5.39. The number of imide groups is 1. The number of esters is 1. The fourth-order valence-electron chi connectivity index (χ4n) is 4.32. The Morgan fingerprint density at radius 3 is 2.14 bits per heavy atom. The minimum atomic E-state index is -1.79. The molecule has 0 spiro atoms. The van der Waals surface area contributed by atoms with Crippen LogP contribution in [0.15, 0.2) is 71.2 Å². The van der Waals surface area contributed by atoms with E-state index in [1.54, 1.807) is 69.3 Å². The molecule has 2 heterocycles. The van der Waals surface area contributed by atoms with Gasteiger partial charge in [0, 0.05) is 5.38 Å². The normalized spacial score (nSPS) is 15.9. The van der Waals surface area contributed by atoms with Crippen LogP contribution >= 0.6 is 22.9 Å². The van der Waals surface area contributed by atoms with Crippen molar-refractivity contribution in [3.63, 3.8) is 0 Å². The number of anilines is 1. The minimum absolute atomic E-state index is 0.0500. The fraction of sp³-hybridized carbons (Fsp3) is 0.333. The molecule has 0 unspecified atom stereocenters. The molecule has 51 heavy (non-hydrogen) atoms. The maximum absolute atomic E-state index is 13.7. The lowest BCUT2D eigenvalue weighted by atomic mass is 9.97. The highest BCUT2D eigenvalue weighted by molar-refractivity contribution is 7.14.